The number of ether oxygens (including phenoxy) is 1. The predicted molar refractivity (Wildman–Crippen MR) is 108 cm³/mol. The summed E-state index contributed by atoms with van der Waals surface area (Å²) in [7, 11) is 0. The first kappa shape index (κ1) is 20.3. The van der Waals surface area contributed by atoms with Crippen LogP contribution in [0.15, 0.2) is 30.3 Å². The Hall–Kier alpha value is -1.43. The lowest BCUT2D eigenvalue weighted by atomic mass is 9.94. The summed E-state index contributed by atoms with van der Waals surface area (Å²) in [6.45, 7) is 10.6. The van der Waals surface area contributed by atoms with E-state index in [4.69, 9.17) is 10.5 Å². The molecule has 1 aromatic rings. The molecule has 150 valence electrons. The summed E-state index contributed by atoms with van der Waals surface area (Å²) >= 11 is 0. The zero-order valence-corrected chi connectivity index (χ0v) is 17.2. The van der Waals surface area contributed by atoms with Gasteiger partial charge in [0.05, 0.1) is 13.1 Å². The average Bonchev–Trinajstić information content (AvgIpc) is 2.63. The standard InChI is InChI=1S/C22H36N3O2/c1-22(2,3)27-21(26)25(15-11-19(23)12-16-25)20-9-13-24(14-10-20)17-18-7-5-4-6-8-18/h4-8,19-20H,9-17,23H2,1-3H3/q+1. The molecular formula is C22H36N3O2+. The van der Waals surface area contributed by atoms with Gasteiger partial charge in [0.1, 0.15) is 11.6 Å². The van der Waals surface area contributed by atoms with Crippen molar-refractivity contribution >= 4 is 6.09 Å². The molecular weight excluding hydrogens is 338 g/mol. The Morgan fingerprint density at radius 2 is 1.70 bits per heavy atom. The van der Waals surface area contributed by atoms with Crippen LogP contribution in [-0.4, -0.2) is 59.3 Å². The number of piperidine rings is 2. The molecule has 2 N–H and O–H groups in total. The van der Waals surface area contributed by atoms with Gasteiger partial charge in [-0.3, -0.25) is 4.90 Å². The third-order valence-corrected chi connectivity index (χ3v) is 6.06. The Kier molecular flexibility index (Phi) is 6.24. The Bertz CT molecular complexity index is 610. The fourth-order valence-electron chi connectivity index (χ4n) is 4.51. The first-order chi connectivity index (χ1) is 12.8. The van der Waals surface area contributed by atoms with E-state index in [1.807, 2.05) is 20.8 Å². The van der Waals surface area contributed by atoms with Gasteiger partial charge < -0.3 is 10.5 Å². The van der Waals surface area contributed by atoms with E-state index in [1.54, 1.807) is 0 Å². The van der Waals surface area contributed by atoms with E-state index in [1.165, 1.54) is 5.56 Å². The quantitative estimate of drug-likeness (QED) is 0.823. The molecule has 0 saturated carbocycles. The van der Waals surface area contributed by atoms with Crippen LogP contribution in [0.2, 0.25) is 0 Å². The first-order valence-electron chi connectivity index (χ1n) is 10.4. The van der Waals surface area contributed by atoms with Crippen LogP contribution in [0.25, 0.3) is 0 Å². The van der Waals surface area contributed by atoms with Crippen molar-refractivity contribution in [3.05, 3.63) is 35.9 Å². The maximum atomic E-state index is 13.2. The number of hydrogen-bond acceptors (Lipinski definition) is 4. The number of nitrogens with two attached hydrogens (primary N) is 1. The molecule has 5 heteroatoms. The van der Waals surface area contributed by atoms with Gasteiger partial charge >= 0.3 is 6.09 Å². The molecule has 0 radical (unpaired) electrons. The first-order valence-corrected chi connectivity index (χ1v) is 10.4. The zero-order valence-electron chi connectivity index (χ0n) is 17.2. The van der Waals surface area contributed by atoms with Crippen molar-refractivity contribution in [1.29, 1.82) is 0 Å². The molecule has 0 atom stereocenters. The second kappa shape index (κ2) is 8.29. The van der Waals surface area contributed by atoms with Crippen LogP contribution in [0.1, 0.15) is 52.0 Å². The highest BCUT2D eigenvalue weighted by atomic mass is 16.6. The maximum Gasteiger partial charge on any atom is 0.516 e. The van der Waals surface area contributed by atoms with Crippen LogP contribution < -0.4 is 5.73 Å². The largest absolute Gasteiger partial charge is 0.516 e. The molecule has 0 unspecified atom stereocenters. The van der Waals surface area contributed by atoms with E-state index in [-0.39, 0.29) is 12.1 Å². The number of benzene rings is 1. The smallest absolute Gasteiger partial charge is 0.414 e. The van der Waals surface area contributed by atoms with Gasteiger partial charge in [0, 0.05) is 51.4 Å². The van der Waals surface area contributed by atoms with Gasteiger partial charge in [0.25, 0.3) is 0 Å². The number of carbonyl (C=O) groups excluding carboxylic acids is 1. The number of quaternary nitrogens is 1. The SMILES string of the molecule is CC(C)(C)OC(=O)[N+]1(C2CCN(Cc3ccccc3)CC2)CCC(N)CC1. The molecule has 0 spiro atoms. The van der Waals surface area contributed by atoms with E-state index in [2.05, 4.69) is 35.2 Å². The summed E-state index contributed by atoms with van der Waals surface area (Å²) in [5, 5.41) is 0. The van der Waals surface area contributed by atoms with Gasteiger partial charge in [-0.15, -0.1) is 0 Å². The molecule has 1 amide bonds. The van der Waals surface area contributed by atoms with E-state index in [0.717, 1.165) is 58.4 Å². The molecule has 2 heterocycles. The molecule has 2 aliphatic rings. The Labute approximate surface area is 164 Å². The minimum atomic E-state index is -0.449. The predicted octanol–water partition coefficient (Wildman–Crippen LogP) is 3.52. The van der Waals surface area contributed by atoms with Crippen LogP contribution in [0.4, 0.5) is 4.79 Å². The second-order valence-electron chi connectivity index (χ2n) is 9.29. The lowest BCUT2D eigenvalue weighted by Gasteiger charge is -2.48. The molecule has 0 bridgehead atoms. The minimum Gasteiger partial charge on any atom is -0.414 e. The van der Waals surface area contributed by atoms with Crippen molar-refractivity contribution in [2.24, 2.45) is 5.73 Å². The topological polar surface area (TPSA) is 55.6 Å². The summed E-state index contributed by atoms with van der Waals surface area (Å²) < 4.78 is 6.35. The highest BCUT2D eigenvalue weighted by Crippen LogP contribution is 2.32. The Morgan fingerprint density at radius 1 is 1.11 bits per heavy atom. The normalized spacial score (nSPS) is 28.1. The average molecular weight is 375 g/mol. The van der Waals surface area contributed by atoms with Gasteiger partial charge in [0.2, 0.25) is 0 Å². The molecule has 2 fully saturated rings. The lowest BCUT2D eigenvalue weighted by Crippen LogP contribution is -2.66. The molecule has 27 heavy (non-hydrogen) atoms. The van der Waals surface area contributed by atoms with Crippen LogP contribution in [0, 0.1) is 0 Å². The van der Waals surface area contributed by atoms with Crippen molar-refractivity contribution in [3.63, 3.8) is 0 Å². The maximum absolute atomic E-state index is 13.2. The molecule has 1 aromatic carbocycles. The van der Waals surface area contributed by atoms with Gasteiger partial charge in [0.15, 0.2) is 0 Å². The van der Waals surface area contributed by atoms with E-state index < -0.39 is 5.60 Å². The number of amides is 1. The molecule has 3 rings (SSSR count). The summed E-state index contributed by atoms with van der Waals surface area (Å²) in [6.07, 6.45) is 3.85. The number of hydrogen-bond donors (Lipinski definition) is 1. The lowest BCUT2D eigenvalue weighted by molar-refractivity contribution is -0.890. The fourth-order valence-corrected chi connectivity index (χ4v) is 4.51. The summed E-state index contributed by atoms with van der Waals surface area (Å²) in [4.78, 5) is 15.7. The molecule has 2 saturated heterocycles. The van der Waals surface area contributed by atoms with Crippen molar-refractivity contribution in [3.8, 4) is 0 Å². The number of nitrogens with zero attached hydrogens (tertiary/aromatic N) is 2. The highest BCUT2D eigenvalue weighted by Gasteiger charge is 2.49. The van der Waals surface area contributed by atoms with Gasteiger partial charge in [-0.25, -0.2) is 4.48 Å². The van der Waals surface area contributed by atoms with Gasteiger partial charge in [-0.1, -0.05) is 30.3 Å². The van der Waals surface area contributed by atoms with E-state index in [9.17, 15) is 4.79 Å². The van der Waals surface area contributed by atoms with Gasteiger partial charge in [-0.05, 0) is 26.3 Å². The van der Waals surface area contributed by atoms with Crippen molar-refractivity contribution in [1.82, 2.24) is 4.90 Å². The monoisotopic (exact) mass is 374 g/mol. The van der Waals surface area contributed by atoms with Crippen molar-refractivity contribution in [2.45, 2.75) is 70.7 Å². The highest BCUT2D eigenvalue weighted by molar-refractivity contribution is 5.60. The van der Waals surface area contributed by atoms with E-state index >= 15 is 0 Å². The Balaban J connectivity index is 1.66. The third-order valence-electron chi connectivity index (χ3n) is 6.06. The van der Waals surface area contributed by atoms with Crippen LogP contribution >= 0.6 is 0 Å². The van der Waals surface area contributed by atoms with Crippen LogP contribution in [0.5, 0.6) is 0 Å². The molecule has 5 nitrogen and oxygen atoms in total. The van der Waals surface area contributed by atoms with Crippen LogP contribution in [-0.2, 0) is 11.3 Å². The molecule has 0 aromatic heterocycles. The molecule has 0 aliphatic carbocycles. The Morgan fingerprint density at radius 3 is 2.26 bits per heavy atom. The molecule has 2 aliphatic heterocycles. The zero-order chi connectivity index (χ0) is 19.5. The summed E-state index contributed by atoms with van der Waals surface area (Å²) in [5.41, 5.74) is 7.06. The van der Waals surface area contributed by atoms with Crippen LogP contribution in [0.3, 0.4) is 0 Å². The van der Waals surface area contributed by atoms with E-state index in [0.29, 0.717) is 10.5 Å². The van der Waals surface area contributed by atoms with Crippen molar-refractivity contribution < 1.29 is 14.0 Å². The minimum absolute atomic E-state index is 0.0455. The second-order valence-corrected chi connectivity index (χ2v) is 9.29. The fraction of sp³-hybridized carbons (Fsp3) is 0.682. The van der Waals surface area contributed by atoms with Gasteiger partial charge in [-0.2, -0.15) is 4.79 Å². The number of likely N-dealkylation sites (tertiary alicyclic amines) is 2. The van der Waals surface area contributed by atoms with Crippen molar-refractivity contribution in [2.75, 3.05) is 26.2 Å². The number of carbonyl (C=O) groups is 1. The summed E-state index contributed by atoms with van der Waals surface area (Å²) in [5.74, 6) is 0. The third kappa shape index (κ3) is 5.09. The summed E-state index contributed by atoms with van der Waals surface area (Å²) in [6, 6.07) is 11.2. The number of rotatable bonds is 3.